The molecule has 0 amide bonds. The summed E-state index contributed by atoms with van der Waals surface area (Å²) in [4.78, 5) is 0. The minimum atomic E-state index is -3.41. The molecule has 0 unspecified atom stereocenters. The van der Waals surface area contributed by atoms with Gasteiger partial charge in [-0.25, -0.2) is 0 Å². The number of rotatable bonds is 3. The van der Waals surface area contributed by atoms with Gasteiger partial charge in [-0.15, -0.1) is 11.8 Å². The highest BCUT2D eigenvalue weighted by atomic mass is 32.2. The Morgan fingerprint density at radius 2 is 2.21 bits per heavy atom. The molecule has 2 aliphatic heterocycles. The van der Waals surface area contributed by atoms with E-state index in [0.717, 1.165) is 12.0 Å². The molecule has 0 spiro atoms. The second-order valence-corrected chi connectivity index (χ2v) is 6.15. The fourth-order valence-electron chi connectivity index (χ4n) is 1.72. The van der Waals surface area contributed by atoms with E-state index < -0.39 is 10.1 Å². The van der Waals surface area contributed by atoms with Crippen LogP contribution in [0, 0.1) is 0 Å². The lowest BCUT2D eigenvalue weighted by molar-refractivity contribution is -0.112. The van der Waals surface area contributed by atoms with Crippen molar-refractivity contribution in [3.63, 3.8) is 0 Å². The largest absolute Gasteiger partial charge is 0.355 e. The smallest absolute Gasteiger partial charge is 0.264 e. The molecule has 2 fully saturated rings. The third kappa shape index (κ3) is 1.92. The van der Waals surface area contributed by atoms with Gasteiger partial charge in [-0.3, -0.25) is 4.18 Å². The maximum absolute atomic E-state index is 11.0. The van der Waals surface area contributed by atoms with E-state index in [1.165, 1.54) is 0 Å². The Labute approximate surface area is 87.2 Å². The Balaban J connectivity index is 2.08. The van der Waals surface area contributed by atoms with E-state index >= 15 is 0 Å². The summed E-state index contributed by atoms with van der Waals surface area (Å²) in [5.74, 6) is 0.769. The van der Waals surface area contributed by atoms with E-state index in [2.05, 4.69) is 0 Å². The average Bonchev–Trinajstić information content (AvgIpc) is 2.59. The summed E-state index contributed by atoms with van der Waals surface area (Å²) in [7, 11) is -1.87. The van der Waals surface area contributed by atoms with Crippen molar-refractivity contribution < 1.29 is 22.1 Å². The number of hydrogen-bond donors (Lipinski definition) is 0. The van der Waals surface area contributed by atoms with Crippen molar-refractivity contribution in [2.45, 2.75) is 23.7 Å². The highest BCUT2D eigenvalue weighted by Crippen LogP contribution is 2.42. The van der Waals surface area contributed by atoms with Crippen LogP contribution in [-0.2, 0) is 23.8 Å². The van der Waals surface area contributed by atoms with E-state index in [4.69, 9.17) is 13.7 Å². The molecule has 0 aromatic rings. The van der Waals surface area contributed by atoms with Crippen molar-refractivity contribution in [1.29, 1.82) is 0 Å². The molecular formula is C7H12O5S2. The van der Waals surface area contributed by atoms with Gasteiger partial charge >= 0.3 is 0 Å². The van der Waals surface area contributed by atoms with Gasteiger partial charge in [0.15, 0.2) is 6.29 Å². The van der Waals surface area contributed by atoms with Crippen LogP contribution in [0.15, 0.2) is 0 Å². The third-order valence-corrected chi connectivity index (χ3v) is 4.21. The molecular weight excluding hydrogens is 228 g/mol. The molecule has 2 heterocycles. The minimum absolute atomic E-state index is 0.0280. The average molecular weight is 240 g/mol. The van der Waals surface area contributed by atoms with Crippen LogP contribution >= 0.6 is 11.8 Å². The Kier molecular flexibility index (Phi) is 2.78. The molecule has 2 rings (SSSR count). The molecule has 14 heavy (non-hydrogen) atoms. The molecule has 7 heteroatoms. The van der Waals surface area contributed by atoms with E-state index in [1.54, 1.807) is 18.9 Å². The van der Waals surface area contributed by atoms with Gasteiger partial charge in [0, 0.05) is 12.9 Å². The lowest BCUT2D eigenvalue weighted by Gasteiger charge is -2.19. The second-order valence-electron chi connectivity index (χ2n) is 3.34. The Bertz CT molecular complexity index is 314. The summed E-state index contributed by atoms with van der Waals surface area (Å²) in [6, 6.07) is 0. The zero-order valence-electron chi connectivity index (χ0n) is 7.87. The van der Waals surface area contributed by atoms with Gasteiger partial charge in [0.2, 0.25) is 0 Å². The van der Waals surface area contributed by atoms with Gasteiger partial charge in [-0.2, -0.15) is 8.42 Å². The molecule has 2 bridgehead atoms. The Morgan fingerprint density at radius 3 is 2.71 bits per heavy atom. The summed E-state index contributed by atoms with van der Waals surface area (Å²) in [6.45, 7) is 0. The van der Waals surface area contributed by atoms with Crippen LogP contribution < -0.4 is 0 Å². The van der Waals surface area contributed by atoms with E-state index in [-0.39, 0.29) is 23.7 Å². The van der Waals surface area contributed by atoms with E-state index in [0.29, 0.717) is 0 Å². The number of hydrogen-bond acceptors (Lipinski definition) is 6. The Morgan fingerprint density at radius 1 is 1.50 bits per heavy atom. The standard InChI is InChI=1S/C7H12O5S2/c1-10-7-6-5(12-14(2,8)9)4(11-7)3-13-6/h4-7H,3H2,1-2H3/t4-,5+,6+,7-/m1/s1. The highest BCUT2D eigenvalue weighted by Gasteiger charge is 2.52. The van der Waals surface area contributed by atoms with Crippen molar-refractivity contribution in [3.05, 3.63) is 0 Å². The number of methoxy groups -OCH3 is 1. The van der Waals surface area contributed by atoms with E-state index in [9.17, 15) is 8.42 Å². The van der Waals surface area contributed by atoms with Crippen LogP contribution in [0.5, 0.6) is 0 Å². The summed E-state index contributed by atoms with van der Waals surface area (Å²) >= 11 is 1.63. The maximum atomic E-state index is 11.0. The van der Waals surface area contributed by atoms with Gasteiger partial charge in [0.1, 0.15) is 6.10 Å². The number of ether oxygens (including phenoxy) is 2. The van der Waals surface area contributed by atoms with Gasteiger partial charge in [-0.1, -0.05) is 0 Å². The first-order chi connectivity index (χ1) is 6.51. The highest BCUT2D eigenvalue weighted by molar-refractivity contribution is 8.00. The molecule has 0 N–H and O–H groups in total. The fourth-order valence-corrected chi connectivity index (χ4v) is 3.87. The first-order valence-corrected chi connectivity index (χ1v) is 7.06. The second kappa shape index (κ2) is 3.64. The van der Waals surface area contributed by atoms with Gasteiger partial charge in [-0.05, 0) is 0 Å². The maximum Gasteiger partial charge on any atom is 0.264 e. The number of fused-ring (bicyclic) bond motifs is 2. The quantitative estimate of drug-likeness (QED) is 0.638. The lowest BCUT2D eigenvalue weighted by Crippen LogP contribution is -2.30. The van der Waals surface area contributed by atoms with Crippen molar-refractivity contribution in [2.75, 3.05) is 19.1 Å². The first-order valence-electron chi connectivity index (χ1n) is 4.19. The molecule has 0 aromatic carbocycles. The van der Waals surface area contributed by atoms with Crippen LogP contribution in [0.4, 0.5) is 0 Å². The summed E-state index contributed by atoms with van der Waals surface area (Å²) in [5, 5.41) is -0.0280. The molecule has 0 radical (unpaired) electrons. The topological polar surface area (TPSA) is 61.8 Å². The summed E-state index contributed by atoms with van der Waals surface area (Å²) < 4.78 is 37.4. The zero-order chi connectivity index (χ0) is 10.3. The molecule has 0 aromatic heterocycles. The minimum Gasteiger partial charge on any atom is -0.355 e. The molecule has 0 aliphatic carbocycles. The van der Waals surface area contributed by atoms with Crippen molar-refractivity contribution in [1.82, 2.24) is 0 Å². The molecule has 5 nitrogen and oxygen atoms in total. The van der Waals surface area contributed by atoms with Crippen molar-refractivity contribution in [3.8, 4) is 0 Å². The third-order valence-electron chi connectivity index (χ3n) is 2.24. The normalized spacial score (nSPS) is 41.9. The van der Waals surface area contributed by atoms with Crippen LogP contribution in [0.1, 0.15) is 0 Å². The molecule has 2 aliphatic rings. The van der Waals surface area contributed by atoms with Crippen LogP contribution in [0.3, 0.4) is 0 Å². The summed E-state index contributed by atoms with van der Waals surface area (Å²) in [6.07, 6.45) is 0.159. The molecule has 4 atom stereocenters. The lowest BCUT2D eigenvalue weighted by atomic mass is 10.2. The SMILES string of the molecule is CO[C@@H]1O[C@@H]2CS[C@H]1[C@H]2OS(C)(=O)=O. The predicted molar refractivity (Wildman–Crippen MR) is 51.6 cm³/mol. The number of thioether (sulfide) groups is 1. The fraction of sp³-hybridized carbons (Fsp3) is 1.00. The predicted octanol–water partition coefficient (Wildman–Crippen LogP) is -0.182. The van der Waals surface area contributed by atoms with Crippen molar-refractivity contribution >= 4 is 21.9 Å². The first kappa shape index (κ1) is 10.7. The van der Waals surface area contributed by atoms with Gasteiger partial charge in [0.05, 0.1) is 17.6 Å². The molecule has 82 valence electrons. The summed E-state index contributed by atoms with van der Waals surface area (Å²) in [5.41, 5.74) is 0. The van der Waals surface area contributed by atoms with Crippen LogP contribution in [-0.4, -0.2) is 51.3 Å². The van der Waals surface area contributed by atoms with E-state index in [1.807, 2.05) is 0 Å². The van der Waals surface area contributed by atoms with Gasteiger partial charge in [0.25, 0.3) is 10.1 Å². The van der Waals surface area contributed by atoms with Crippen LogP contribution in [0.25, 0.3) is 0 Å². The molecule has 2 saturated heterocycles. The van der Waals surface area contributed by atoms with Crippen molar-refractivity contribution in [2.24, 2.45) is 0 Å². The Hall–Kier alpha value is 0.180. The van der Waals surface area contributed by atoms with Gasteiger partial charge < -0.3 is 9.47 Å². The monoisotopic (exact) mass is 240 g/mol. The molecule has 0 saturated carbocycles. The van der Waals surface area contributed by atoms with Crippen LogP contribution in [0.2, 0.25) is 0 Å². The zero-order valence-corrected chi connectivity index (χ0v) is 9.51.